The lowest BCUT2D eigenvalue weighted by atomic mass is 10.0. The van der Waals surface area contributed by atoms with Crippen LogP contribution >= 0.6 is 11.6 Å². The highest BCUT2D eigenvalue weighted by Gasteiger charge is 2.26. The van der Waals surface area contributed by atoms with Crippen LogP contribution in [0.2, 0.25) is 5.02 Å². The van der Waals surface area contributed by atoms with E-state index in [0.29, 0.717) is 23.7 Å². The lowest BCUT2D eigenvalue weighted by molar-refractivity contribution is -0.00683. The Labute approximate surface area is 147 Å². The predicted octanol–water partition coefficient (Wildman–Crippen LogP) is 3.86. The SMILES string of the molecule is Cc1ccc(Cl)cc1C(=O)N1CCCC(OCc2cccnc2)C1. The molecule has 0 radical (unpaired) electrons. The molecular formula is C19H21ClN2O2. The Morgan fingerprint density at radius 3 is 3.08 bits per heavy atom. The number of amides is 1. The first-order chi connectivity index (χ1) is 11.6. The van der Waals surface area contributed by atoms with Crippen molar-refractivity contribution in [3.63, 3.8) is 0 Å². The Balaban J connectivity index is 1.62. The van der Waals surface area contributed by atoms with Gasteiger partial charge in [-0.1, -0.05) is 23.7 Å². The van der Waals surface area contributed by atoms with Crippen molar-refractivity contribution >= 4 is 17.5 Å². The molecule has 2 aromatic rings. The number of piperidine rings is 1. The Hall–Kier alpha value is -1.91. The number of hydrogen-bond donors (Lipinski definition) is 0. The second kappa shape index (κ2) is 7.77. The quantitative estimate of drug-likeness (QED) is 0.845. The Morgan fingerprint density at radius 1 is 1.42 bits per heavy atom. The molecule has 0 bridgehead atoms. The van der Waals surface area contributed by atoms with Gasteiger partial charge in [-0.05, 0) is 49.1 Å². The van der Waals surface area contributed by atoms with Gasteiger partial charge in [0.25, 0.3) is 5.91 Å². The Bertz CT molecular complexity index is 706. The standard InChI is InChI=1S/C19H21ClN2O2/c1-14-6-7-16(20)10-18(14)19(23)22-9-3-5-17(12-22)24-13-15-4-2-8-21-11-15/h2,4,6-8,10-11,17H,3,5,9,12-13H2,1H3. The molecule has 2 heterocycles. The summed E-state index contributed by atoms with van der Waals surface area (Å²) < 4.78 is 5.98. The zero-order valence-corrected chi connectivity index (χ0v) is 14.5. The summed E-state index contributed by atoms with van der Waals surface area (Å²) in [5, 5.41) is 0.588. The number of aryl methyl sites for hydroxylation is 1. The molecule has 4 nitrogen and oxygen atoms in total. The molecule has 0 saturated carbocycles. The first-order valence-electron chi connectivity index (χ1n) is 8.19. The van der Waals surface area contributed by atoms with Crippen LogP contribution in [0.4, 0.5) is 0 Å². The molecule has 1 atom stereocenters. The number of halogens is 1. The van der Waals surface area contributed by atoms with Gasteiger partial charge in [-0.25, -0.2) is 0 Å². The molecule has 126 valence electrons. The molecule has 1 fully saturated rings. The van der Waals surface area contributed by atoms with Gasteiger partial charge in [-0.2, -0.15) is 0 Å². The van der Waals surface area contributed by atoms with Crippen LogP contribution in [0.15, 0.2) is 42.7 Å². The third kappa shape index (κ3) is 4.13. The number of aromatic nitrogens is 1. The zero-order chi connectivity index (χ0) is 16.9. The van der Waals surface area contributed by atoms with E-state index in [1.54, 1.807) is 18.5 Å². The summed E-state index contributed by atoms with van der Waals surface area (Å²) in [5.74, 6) is 0.0321. The lowest BCUT2D eigenvalue weighted by Gasteiger charge is -2.33. The van der Waals surface area contributed by atoms with Gasteiger partial charge >= 0.3 is 0 Å². The molecule has 1 aliphatic rings. The van der Waals surface area contributed by atoms with Gasteiger partial charge in [0.15, 0.2) is 0 Å². The molecular weight excluding hydrogens is 324 g/mol. The first-order valence-corrected chi connectivity index (χ1v) is 8.57. The highest BCUT2D eigenvalue weighted by atomic mass is 35.5. The monoisotopic (exact) mass is 344 g/mol. The van der Waals surface area contributed by atoms with E-state index in [4.69, 9.17) is 16.3 Å². The van der Waals surface area contributed by atoms with Crippen molar-refractivity contribution in [1.82, 2.24) is 9.88 Å². The maximum absolute atomic E-state index is 12.8. The van der Waals surface area contributed by atoms with Crippen LogP contribution in [0.25, 0.3) is 0 Å². The molecule has 1 saturated heterocycles. The average Bonchev–Trinajstić information content (AvgIpc) is 2.62. The van der Waals surface area contributed by atoms with Crippen molar-refractivity contribution in [2.24, 2.45) is 0 Å². The van der Waals surface area contributed by atoms with Crippen LogP contribution in [-0.4, -0.2) is 35.0 Å². The minimum absolute atomic E-state index is 0.0321. The largest absolute Gasteiger partial charge is 0.372 e. The van der Waals surface area contributed by atoms with Crippen LogP contribution < -0.4 is 0 Å². The van der Waals surface area contributed by atoms with Crippen molar-refractivity contribution in [3.05, 3.63) is 64.4 Å². The van der Waals surface area contributed by atoms with Crippen molar-refractivity contribution < 1.29 is 9.53 Å². The van der Waals surface area contributed by atoms with E-state index in [0.717, 1.165) is 30.5 Å². The second-order valence-electron chi connectivity index (χ2n) is 6.15. The normalized spacial score (nSPS) is 17.8. The predicted molar refractivity (Wildman–Crippen MR) is 94.1 cm³/mol. The highest BCUT2D eigenvalue weighted by Crippen LogP contribution is 2.21. The zero-order valence-electron chi connectivity index (χ0n) is 13.7. The van der Waals surface area contributed by atoms with Crippen LogP contribution in [0.3, 0.4) is 0 Å². The number of rotatable bonds is 4. The third-order valence-corrected chi connectivity index (χ3v) is 4.54. The van der Waals surface area contributed by atoms with Crippen molar-refractivity contribution in [2.45, 2.75) is 32.5 Å². The molecule has 0 spiro atoms. The second-order valence-corrected chi connectivity index (χ2v) is 6.58. The van der Waals surface area contributed by atoms with E-state index in [1.165, 1.54) is 0 Å². The molecule has 1 aromatic carbocycles. The maximum Gasteiger partial charge on any atom is 0.254 e. The fourth-order valence-electron chi connectivity index (χ4n) is 2.95. The molecule has 1 aliphatic heterocycles. The van der Waals surface area contributed by atoms with Gasteiger partial charge < -0.3 is 9.64 Å². The lowest BCUT2D eigenvalue weighted by Crippen LogP contribution is -2.43. The molecule has 5 heteroatoms. The van der Waals surface area contributed by atoms with Gasteiger partial charge in [0.2, 0.25) is 0 Å². The van der Waals surface area contributed by atoms with Gasteiger partial charge in [-0.3, -0.25) is 9.78 Å². The number of carbonyl (C=O) groups excluding carboxylic acids is 1. The molecule has 0 N–H and O–H groups in total. The summed E-state index contributed by atoms with van der Waals surface area (Å²) in [4.78, 5) is 18.8. The van der Waals surface area contributed by atoms with Crippen LogP contribution in [-0.2, 0) is 11.3 Å². The molecule has 0 aliphatic carbocycles. The summed E-state index contributed by atoms with van der Waals surface area (Å²) in [7, 11) is 0. The van der Waals surface area contributed by atoms with Gasteiger partial charge in [0.05, 0.1) is 12.7 Å². The van der Waals surface area contributed by atoms with E-state index in [1.807, 2.05) is 36.1 Å². The number of nitrogens with zero attached hydrogens (tertiary/aromatic N) is 2. The Morgan fingerprint density at radius 2 is 2.29 bits per heavy atom. The Kier molecular flexibility index (Phi) is 5.48. The summed E-state index contributed by atoms with van der Waals surface area (Å²) >= 11 is 6.04. The minimum atomic E-state index is 0.0321. The smallest absolute Gasteiger partial charge is 0.254 e. The number of ether oxygens (including phenoxy) is 1. The number of benzene rings is 1. The summed E-state index contributed by atoms with van der Waals surface area (Å²) in [5.41, 5.74) is 2.67. The third-order valence-electron chi connectivity index (χ3n) is 4.30. The molecule has 1 amide bonds. The van der Waals surface area contributed by atoms with Crippen molar-refractivity contribution in [2.75, 3.05) is 13.1 Å². The van der Waals surface area contributed by atoms with E-state index in [9.17, 15) is 4.79 Å². The summed E-state index contributed by atoms with van der Waals surface area (Å²) in [6.45, 7) is 3.84. The van der Waals surface area contributed by atoms with Crippen molar-refractivity contribution in [3.8, 4) is 0 Å². The average molecular weight is 345 g/mol. The van der Waals surface area contributed by atoms with Crippen LogP contribution in [0.5, 0.6) is 0 Å². The van der Waals surface area contributed by atoms with E-state index in [2.05, 4.69) is 4.98 Å². The minimum Gasteiger partial charge on any atom is -0.372 e. The van der Waals surface area contributed by atoms with Gasteiger partial charge in [0.1, 0.15) is 0 Å². The van der Waals surface area contributed by atoms with E-state index < -0.39 is 0 Å². The molecule has 3 rings (SSSR count). The number of likely N-dealkylation sites (tertiary alicyclic amines) is 1. The van der Waals surface area contributed by atoms with Crippen LogP contribution in [0, 0.1) is 6.92 Å². The van der Waals surface area contributed by atoms with Gasteiger partial charge in [0, 0.05) is 36.1 Å². The number of carbonyl (C=O) groups is 1. The summed E-state index contributed by atoms with van der Waals surface area (Å²) in [6, 6.07) is 9.34. The topological polar surface area (TPSA) is 42.4 Å². The number of hydrogen-bond acceptors (Lipinski definition) is 3. The maximum atomic E-state index is 12.8. The summed E-state index contributed by atoms with van der Waals surface area (Å²) in [6.07, 6.45) is 5.53. The van der Waals surface area contributed by atoms with E-state index >= 15 is 0 Å². The molecule has 24 heavy (non-hydrogen) atoms. The first kappa shape index (κ1) is 16.9. The van der Waals surface area contributed by atoms with Crippen molar-refractivity contribution in [1.29, 1.82) is 0 Å². The van der Waals surface area contributed by atoms with Crippen LogP contribution in [0.1, 0.15) is 34.3 Å². The fraction of sp³-hybridized carbons (Fsp3) is 0.368. The fourth-order valence-corrected chi connectivity index (χ4v) is 3.12. The van der Waals surface area contributed by atoms with Gasteiger partial charge in [-0.15, -0.1) is 0 Å². The van der Waals surface area contributed by atoms with E-state index in [-0.39, 0.29) is 12.0 Å². The highest BCUT2D eigenvalue weighted by molar-refractivity contribution is 6.31. The molecule has 1 unspecified atom stereocenters. The number of pyridine rings is 1. The molecule has 1 aromatic heterocycles.